The Balaban J connectivity index is 0.00000565. The molecule has 1 heterocycles. The van der Waals surface area contributed by atoms with Crippen molar-refractivity contribution in [2.45, 2.75) is 78.6 Å². The van der Waals surface area contributed by atoms with Crippen LogP contribution >= 0.6 is 0 Å². The smallest absolute Gasteiger partial charge is 0.305 e. The largest absolute Gasteiger partial charge is 0.481 e. The minimum atomic E-state index is -0.866. The summed E-state index contributed by atoms with van der Waals surface area (Å²) in [7, 11) is 2.15. The highest BCUT2D eigenvalue weighted by Gasteiger charge is 2.08. The van der Waals surface area contributed by atoms with Crippen LogP contribution in [0.5, 0.6) is 0 Å². The normalized spacial score (nSPS) is 11.3. The summed E-state index contributed by atoms with van der Waals surface area (Å²) in [4.78, 5) is 17.4. The maximum atomic E-state index is 10.4. The average Bonchev–Trinajstić information content (AvgIpc) is 3.08. The zero-order valence-electron chi connectivity index (χ0n) is 30.3. The molecule has 0 fully saturated rings. The SMILES string of the molecule is CC.CCCCCc1cc2c(CCCCCN(C)CCOCCOCCOCCOCCOCCOCCC(=O)O)cccc2nc1N. The van der Waals surface area contributed by atoms with Crippen molar-refractivity contribution in [3.8, 4) is 0 Å². The van der Waals surface area contributed by atoms with Gasteiger partial charge in [-0.05, 0) is 69.0 Å². The summed E-state index contributed by atoms with van der Waals surface area (Å²) in [5.41, 5.74) is 9.82. The highest BCUT2D eigenvalue weighted by Crippen LogP contribution is 2.25. The molecule has 0 spiro atoms. The number of aliphatic carboxylic acids is 1. The first-order chi connectivity index (χ1) is 23.5. The number of carboxylic acid groups (broad SMARTS) is 1. The number of nitrogens with two attached hydrogens (primary N) is 1. The Labute approximate surface area is 289 Å². The van der Waals surface area contributed by atoms with Crippen molar-refractivity contribution in [3.63, 3.8) is 0 Å². The predicted molar refractivity (Wildman–Crippen MR) is 193 cm³/mol. The first-order valence-electron chi connectivity index (χ1n) is 18.0. The van der Waals surface area contributed by atoms with Crippen molar-refractivity contribution in [2.24, 2.45) is 0 Å². The monoisotopic (exact) mass is 679 g/mol. The van der Waals surface area contributed by atoms with Gasteiger partial charge in [-0.15, -0.1) is 0 Å². The number of benzene rings is 1. The number of ether oxygens (including phenoxy) is 6. The molecule has 0 unspecified atom stereocenters. The molecular weight excluding hydrogens is 614 g/mol. The topological polar surface area (TPSA) is 135 Å². The first kappa shape index (κ1) is 43.6. The number of rotatable bonds is 31. The van der Waals surface area contributed by atoms with Gasteiger partial charge in [0.1, 0.15) is 5.82 Å². The predicted octanol–water partition coefficient (Wildman–Crippen LogP) is 5.79. The van der Waals surface area contributed by atoms with Crippen LogP contribution in [0.1, 0.15) is 76.8 Å². The summed E-state index contributed by atoms with van der Waals surface area (Å²) in [5.74, 6) is -0.185. The van der Waals surface area contributed by atoms with Gasteiger partial charge in [0.2, 0.25) is 0 Å². The number of carbonyl (C=O) groups is 1. The van der Waals surface area contributed by atoms with Crippen molar-refractivity contribution in [1.82, 2.24) is 9.88 Å². The van der Waals surface area contributed by atoms with Crippen molar-refractivity contribution < 1.29 is 38.3 Å². The van der Waals surface area contributed by atoms with Crippen LogP contribution in [0, 0.1) is 0 Å². The van der Waals surface area contributed by atoms with Gasteiger partial charge in [-0.2, -0.15) is 0 Å². The minimum Gasteiger partial charge on any atom is -0.481 e. The number of aromatic nitrogens is 1. The summed E-state index contributed by atoms with van der Waals surface area (Å²) >= 11 is 0. The third kappa shape index (κ3) is 22.3. The van der Waals surface area contributed by atoms with Crippen LogP contribution < -0.4 is 5.73 Å². The molecule has 0 saturated carbocycles. The summed E-state index contributed by atoms with van der Waals surface area (Å²) in [5, 5.41) is 9.77. The van der Waals surface area contributed by atoms with E-state index in [-0.39, 0.29) is 13.0 Å². The lowest BCUT2D eigenvalue weighted by Crippen LogP contribution is -2.25. The summed E-state index contributed by atoms with van der Waals surface area (Å²) in [6.45, 7) is 14.0. The fourth-order valence-electron chi connectivity index (χ4n) is 4.86. The van der Waals surface area contributed by atoms with E-state index < -0.39 is 5.97 Å². The van der Waals surface area contributed by atoms with E-state index in [9.17, 15) is 4.79 Å². The fourth-order valence-corrected chi connectivity index (χ4v) is 4.86. The van der Waals surface area contributed by atoms with Gasteiger partial charge in [0.25, 0.3) is 0 Å². The lowest BCUT2D eigenvalue weighted by Gasteiger charge is -2.16. The van der Waals surface area contributed by atoms with Gasteiger partial charge in [0.15, 0.2) is 0 Å². The molecule has 0 aliphatic carbocycles. The molecule has 11 heteroatoms. The number of unbranched alkanes of at least 4 members (excludes halogenated alkanes) is 4. The van der Waals surface area contributed by atoms with Gasteiger partial charge in [0, 0.05) is 11.9 Å². The second-order valence-corrected chi connectivity index (χ2v) is 11.4. The lowest BCUT2D eigenvalue weighted by molar-refractivity contribution is -0.138. The van der Waals surface area contributed by atoms with Gasteiger partial charge >= 0.3 is 5.97 Å². The molecule has 0 aliphatic rings. The molecule has 276 valence electrons. The number of hydrogen-bond donors (Lipinski definition) is 2. The van der Waals surface area contributed by atoms with Crippen molar-refractivity contribution in [1.29, 1.82) is 0 Å². The molecule has 0 saturated heterocycles. The molecule has 0 aliphatic heterocycles. The zero-order valence-corrected chi connectivity index (χ0v) is 30.3. The number of anilines is 1. The minimum absolute atomic E-state index is 0.00574. The number of carboxylic acids is 1. The molecule has 0 amide bonds. The standard InChI is InChI=1S/C35H59N3O8.C2H6/c1-3-4-6-11-31-29-32-30(12-9-13-33(32)37-35(31)36)10-7-5-8-15-38(2)16-18-42-20-22-44-24-26-46-28-27-45-25-23-43-21-19-41-17-14-34(39)40;1-2/h9,12-13,29H,3-8,10-11,14-28H2,1-2H3,(H2,36,37)(H,39,40);1-2H3. The van der Waals surface area contributed by atoms with E-state index in [4.69, 9.17) is 44.2 Å². The maximum Gasteiger partial charge on any atom is 0.305 e. The van der Waals surface area contributed by atoms with Crippen molar-refractivity contribution in [2.75, 3.05) is 105 Å². The van der Waals surface area contributed by atoms with Gasteiger partial charge < -0.3 is 44.2 Å². The van der Waals surface area contributed by atoms with Gasteiger partial charge in [0.05, 0.1) is 91.2 Å². The molecule has 1 aromatic heterocycles. The number of pyridine rings is 1. The van der Waals surface area contributed by atoms with Crippen LogP contribution in [0.3, 0.4) is 0 Å². The highest BCUT2D eigenvalue weighted by atomic mass is 16.6. The van der Waals surface area contributed by atoms with Crippen molar-refractivity contribution in [3.05, 3.63) is 35.4 Å². The summed E-state index contributed by atoms with van der Waals surface area (Å²) < 4.78 is 32.7. The Morgan fingerprint density at radius 3 is 1.79 bits per heavy atom. The van der Waals surface area contributed by atoms with Gasteiger partial charge in [-0.1, -0.05) is 52.2 Å². The molecule has 1 aromatic carbocycles. The lowest BCUT2D eigenvalue weighted by atomic mass is 9.99. The second-order valence-electron chi connectivity index (χ2n) is 11.4. The van der Waals surface area contributed by atoms with Crippen LogP contribution in [0.15, 0.2) is 24.3 Å². The third-order valence-corrected chi connectivity index (χ3v) is 7.54. The van der Waals surface area contributed by atoms with E-state index in [0.717, 1.165) is 44.3 Å². The van der Waals surface area contributed by atoms with E-state index in [0.29, 0.717) is 78.5 Å². The van der Waals surface area contributed by atoms with E-state index >= 15 is 0 Å². The van der Waals surface area contributed by atoms with Crippen LogP contribution in [-0.2, 0) is 46.1 Å². The number of likely N-dealkylation sites (N-methyl/N-ethyl adjacent to an activating group) is 1. The molecule has 0 radical (unpaired) electrons. The number of aryl methyl sites for hydroxylation is 2. The van der Waals surface area contributed by atoms with Crippen LogP contribution in [0.25, 0.3) is 10.9 Å². The van der Waals surface area contributed by atoms with E-state index in [1.54, 1.807) is 0 Å². The molecule has 48 heavy (non-hydrogen) atoms. The number of hydrogen-bond acceptors (Lipinski definition) is 10. The second kappa shape index (κ2) is 30.7. The first-order valence-corrected chi connectivity index (χ1v) is 18.0. The Morgan fingerprint density at radius 2 is 1.23 bits per heavy atom. The quantitative estimate of drug-likeness (QED) is 0.0937. The molecule has 0 bridgehead atoms. The van der Waals surface area contributed by atoms with Crippen molar-refractivity contribution >= 4 is 22.7 Å². The van der Waals surface area contributed by atoms with Crippen LogP contribution in [0.2, 0.25) is 0 Å². The maximum absolute atomic E-state index is 10.4. The number of fused-ring (bicyclic) bond motifs is 1. The number of nitrogens with zero attached hydrogens (tertiary/aromatic N) is 2. The van der Waals surface area contributed by atoms with Crippen LogP contribution in [-0.4, -0.2) is 120 Å². The van der Waals surface area contributed by atoms with Gasteiger partial charge in [-0.25, -0.2) is 4.98 Å². The molecule has 11 nitrogen and oxygen atoms in total. The Morgan fingerprint density at radius 1 is 0.708 bits per heavy atom. The Kier molecular flexibility index (Phi) is 27.9. The number of nitrogen functional groups attached to an aromatic ring is 1. The Bertz CT molecular complexity index is 1060. The van der Waals surface area contributed by atoms with E-state index in [2.05, 4.69) is 43.1 Å². The molecule has 3 N–H and O–H groups in total. The van der Waals surface area contributed by atoms with E-state index in [1.807, 2.05) is 13.8 Å². The van der Waals surface area contributed by atoms with Gasteiger partial charge in [-0.3, -0.25) is 4.79 Å². The molecule has 2 aromatic rings. The molecule has 2 rings (SSSR count). The molecular formula is C37H65N3O8. The average molecular weight is 680 g/mol. The zero-order chi connectivity index (χ0) is 35.1. The van der Waals surface area contributed by atoms with E-state index in [1.165, 1.54) is 42.2 Å². The van der Waals surface area contributed by atoms with Crippen LogP contribution in [0.4, 0.5) is 5.82 Å². The summed E-state index contributed by atoms with van der Waals surface area (Å²) in [6, 6.07) is 8.69. The molecule has 0 atom stereocenters. The third-order valence-electron chi connectivity index (χ3n) is 7.54. The summed E-state index contributed by atoms with van der Waals surface area (Å²) in [6.07, 6.45) is 9.20. The fraction of sp³-hybridized carbons (Fsp3) is 0.730. The highest BCUT2D eigenvalue weighted by molar-refractivity contribution is 5.84. The Hall–Kier alpha value is -2.38.